The SMILES string of the molecule is CCCNCC(C)S(=O)(=O)N(CC)C(C)C. The molecule has 98 valence electrons. The Labute approximate surface area is 100 Å². The lowest BCUT2D eigenvalue weighted by Gasteiger charge is -2.27. The molecule has 5 heteroatoms. The van der Waals surface area contributed by atoms with E-state index in [1.807, 2.05) is 20.8 Å². The Morgan fingerprint density at radius 2 is 1.75 bits per heavy atom. The maximum absolute atomic E-state index is 12.2. The lowest BCUT2D eigenvalue weighted by molar-refractivity contribution is 0.363. The minimum Gasteiger partial charge on any atom is -0.315 e. The lowest BCUT2D eigenvalue weighted by atomic mass is 10.4. The molecule has 0 aromatic rings. The summed E-state index contributed by atoms with van der Waals surface area (Å²) >= 11 is 0. The van der Waals surface area contributed by atoms with Gasteiger partial charge in [-0.1, -0.05) is 13.8 Å². The van der Waals surface area contributed by atoms with E-state index in [0.29, 0.717) is 13.1 Å². The predicted octanol–water partition coefficient (Wildman–Crippen LogP) is 1.43. The van der Waals surface area contributed by atoms with Crippen molar-refractivity contribution in [3.8, 4) is 0 Å². The molecule has 0 saturated carbocycles. The van der Waals surface area contributed by atoms with Gasteiger partial charge in [0.2, 0.25) is 10.0 Å². The minimum absolute atomic E-state index is 0.0311. The standard InChI is InChI=1S/C11H26N2O2S/c1-6-8-12-9-11(5)16(14,15)13(7-2)10(3)4/h10-12H,6-9H2,1-5H3. The van der Waals surface area contributed by atoms with Crippen molar-refractivity contribution in [2.24, 2.45) is 0 Å². The van der Waals surface area contributed by atoms with Gasteiger partial charge in [-0.3, -0.25) is 0 Å². The topological polar surface area (TPSA) is 49.4 Å². The zero-order valence-electron chi connectivity index (χ0n) is 11.2. The van der Waals surface area contributed by atoms with Gasteiger partial charge in [0.25, 0.3) is 0 Å². The fourth-order valence-corrected chi connectivity index (χ4v) is 3.40. The highest BCUT2D eigenvalue weighted by molar-refractivity contribution is 7.89. The summed E-state index contributed by atoms with van der Waals surface area (Å²) in [7, 11) is -3.16. The smallest absolute Gasteiger partial charge is 0.218 e. The fraction of sp³-hybridized carbons (Fsp3) is 1.00. The van der Waals surface area contributed by atoms with E-state index in [2.05, 4.69) is 12.2 Å². The summed E-state index contributed by atoms with van der Waals surface area (Å²) < 4.78 is 25.9. The maximum atomic E-state index is 12.2. The molecule has 1 atom stereocenters. The Morgan fingerprint density at radius 1 is 1.19 bits per heavy atom. The van der Waals surface area contributed by atoms with Crippen molar-refractivity contribution >= 4 is 10.0 Å². The van der Waals surface area contributed by atoms with Crippen LogP contribution in [0.2, 0.25) is 0 Å². The second-order valence-corrected chi connectivity index (χ2v) is 6.66. The molecule has 0 amide bonds. The van der Waals surface area contributed by atoms with Crippen molar-refractivity contribution in [1.29, 1.82) is 0 Å². The summed E-state index contributed by atoms with van der Waals surface area (Å²) in [5, 5.41) is 2.79. The highest BCUT2D eigenvalue weighted by Gasteiger charge is 2.28. The van der Waals surface area contributed by atoms with Crippen molar-refractivity contribution < 1.29 is 8.42 Å². The molecule has 0 aliphatic carbocycles. The first-order valence-electron chi connectivity index (χ1n) is 6.09. The third kappa shape index (κ3) is 4.39. The molecular formula is C11H26N2O2S. The summed E-state index contributed by atoms with van der Waals surface area (Å²) in [6, 6.07) is 0.0311. The van der Waals surface area contributed by atoms with Gasteiger partial charge in [-0.05, 0) is 33.7 Å². The van der Waals surface area contributed by atoms with Crippen molar-refractivity contribution in [2.75, 3.05) is 19.6 Å². The van der Waals surface area contributed by atoms with Crippen LogP contribution in [0.5, 0.6) is 0 Å². The molecule has 0 rings (SSSR count). The van der Waals surface area contributed by atoms with Gasteiger partial charge in [0.15, 0.2) is 0 Å². The molecule has 1 N–H and O–H groups in total. The zero-order chi connectivity index (χ0) is 12.8. The van der Waals surface area contributed by atoms with Crippen LogP contribution in [-0.2, 0) is 10.0 Å². The van der Waals surface area contributed by atoms with Crippen LogP contribution in [0.25, 0.3) is 0 Å². The average molecular weight is 250 g/mol. The molecule has 16 heavy (non-hydrogen) atoms. The van der Waals surface area contributed by atoms with Crippen LogP contribution < -0.4 is 5.32 Å². The number of nitrogens with one attached hydrogen (secondary N) is 1. The molecule has 0 bridgehead atoms. The molecule has 0 aliphatic rings. The van der Waals surface area contributed by atoms with Gasteiger partial charge in [0, 0.05) is 19.1 Å². The molecule has 0 aliphatic heterocycles. The molecule has 0 aromatic heterocycles. The Balaban J connectivity index is 4.51. The highest BCUT2D eigenvalue weighted by atomic mass is 32.2. The van der Waals surface area contributed by atoms with Crippen LogP contribution >= 0.6 is 0 Å². The van der Waals surface area contributed by atoms with Gasteiger partial charge >= 0.3 is 0 Å². The first-order valence-corrected chi connectivity index (χ1v) is 7.59. The highest BCUT2D eigenvalue weighted by Crippen LogP contribution is 2.12. The summed E-state index contributed by atoms with van der Waals surface area (Å²) in [5.74, 6) is 0. The normalized spacial score (nSPS) is 14.7. The van der Waals surface area contributed by atoms with Crippen LogP contribution in [0.4, 0.5) is 0 Å². The molecule has 0 heterocycles. The first-order chi connectivity index (χ1) is 7.37. The molecule has 0 saturated heterocycles. The van der Waals surface area contributed by atoms with E-state index in [-0.39, 0.29) is 11.3 Å². The van der Waals surface area contributed by atoms with Crippen LogP contribution in [0.3, 0.4) is 0 Å². The van der Waals surface area contributed by atoms with E-state index in [0.717, 1.165) is 13.0 Å². The second-order valence-electron chi connectivity index (χ2n) is 4.36. The van der Waals surface area contributed by atoms with Crippen molar-refractivity contribution in [1.82, 2.24) is 9.62 Å². The summed E-state index contributed by atoms with van der Waals surface area (Å²) in [4.78, 5) is 0. The Bertz CT molecular complexity index is 276. The second kappa shape index (κ2) is 7.25. The van der Waals surface area contributed by atoms with Gasteiger partial charge in [0.1, 0.15) is 0 Å². The molecular weight excluding hydrogens is 224 g/mol. The summed E-state index contributed by atoms with van der Waals surface area (Å²) in [6.07, 6.45) is 1.02. The van der Waals surface area contributed by atoms with Crippen molar-refractivity contribution in [3.05, 3.63) is 0 Å². The quantitative estimate of drug-likeness (QED) is 0.663. The van der Waals surface area contributed by atoms with Gasteiger partial charge in [-0.15, -0.1) is 0 Å². The predicted molar refractivity (Wildman–Crippen MR) is 69.1 cm³/mol. The van der Waals surface area contributed by atoms with Crippen molar-refractivity contribution in [2.45, 2.75) is 52.3 Å². The van der Waals surface area contributed by atoms with E-state index < -0.39 is 10.0 Å². The number of nitrogens with zero attached hydrogens (tertiary/aromatic N) is 1. The Kier molecular flexibility index (Phi) is 7.19. The van der Waals surface area contributed by atoms with Crippen LogP contribution in [0, 0.1) is 0 Å². The zero-order valence-corrected chi connectivity index (χ0v) is 12.0. The summed E-state index contributed by atoms with van der Waals surface area (Å²) in [6.45, 7) is 11.5. The monoisotopic (exact) mass is 250 g/mol. The molecule has 0 fully saturated rings. The third-order valence-electron chi connectivity index (χ3n) is 2.58. The first kappa shape index (κ1) is 15.9. The average Bonchev–Trinajstić information content (AvgIpc) is 2.17. The number of rotatable bonds is 8. The molecule has 0 radical (unpaired) electrons. The van der Waals surface area contributed by atoms with E-state index in [1.54, 1.807) is 11.2 Å². The summed E-state index contributed by atoms with van der Waals surface area (Å²) in [5.41, 5.74) is 0. The van der Waals surface area contributed by atoms with E-state index in [1.165, 1.54) is 0 Å². The largest absolute Gasteiger partial charge is 0.315 e. The molecule has 0 spiro atoms. The van der Waals surface area contributed by atoms with Crippen LogP contribution in [0.1, 0.15) is 41.0 Å². The van der Waals surface area contributed by atoms with Crippen LogP contribution in [0.15, 0.2) is 0 Å². The van der Waals surface area contributed by atoms with E-state index in [4.69, 9.17) is 0 Å². The van der Waals surface area contributed by atoms with Gasteiger partial charge < -0.3 is 5.32 Å². The third-order valence-corrected chi connectivity index (χ3v) is 5.10. The molecule has 4 nitrogen and oxygen atoms in total. The fourth-order valence-electron chi connectivity index (χ4n) is 1.66. The molecule has 1 unspecified atom stereocenters. The van der Waals surface area contributed by atoms with Gasteiger partial charge in [-0.2, -0.15) is 4.31 Å². The number of hydrogen-bond donors (Lipinski definition) is 1. The Hall–Kier alpha value is -0.130. The van der Waals surface area contributed by atoms with Crippen LogP contribution in [-0.4, -0.2) is 43.6 Å². The van der Waals surface area contributed by atoms with Gasteiger partial charge in [0.05, 0.1) is 5.25 Å². The Morgan fingerprint density at radius 3 is 2.12 bits per heavy atom. The maximum Gasteiger partial charge on any atom is 0.218 e. The lowest BCUT2D eigenvalue weighted by Crippen LogP contribution is -2.45. The van der Waals surface area contributed by atoms with E-state index >= 15 is 0 Å². The van der Waals surface area contributed by atoms with Gasteiger partial charge in [-0.25, -0.2) is 8.42 Å². The van der Waals surface area contributed by atoms with Crippen molar-refractivity contribution in [3.63, 3.8) is 0 Å². The number of hydrogen-bond acceptors (Lipinski definition) is 3. The number of sulfonamides is 1. The minimum atomic E-state index is -3.16. The van der Waals surface area contributed by atoms with E-state index in [9.17, 15) is 8.42 Å². The molecule has 0 aromatic carbocycles.